The maximum absolute atomic E-state index is 6.36. The third kappa shape index (κ3) is 4.80. The van der Waals surface area contributed by atoms with Crippen LogP contribution in [0.1, 0.15) is 51.3 Å². The van der Waals surface area contributed by atoms with E-state index < -0.39 is 0 Å². The Morgan fingerprint density at radius 1 is 1.19 bits per heavy atom. The van der Waals surface area contributed by atoms with Gasteiger partial charge in [-0.1, -0.05) is 29.8 Å². The molecule has 21 heavy (non-hydrogen) atoms. The molecule has 3 heteroatoms. The van der Waals surface area contributed by atoms with Crippen LogP contribution in [0.3, 0.4) is 0 Å². The quantitative estimate of drug-likeness (QED) is 0.925. The van der Waals surface area contributed by atoms with E-state index in [1.165, 1.54) is 11.1 Å². The first-order valence-electron chi connectivity index (χ1n) is 7.92. The monoisotopic (exact) mass is 290 g/mol. The van der Waals surface area contributed by atoms with Crippen LogP contribution in [-0.2, 0) is 4.74 Å². The van der Waals surface area contributed by atoms with Crippen molar-refractivity contribution in [2.24, 2.45) is 5.73 Å². The number of aryl methyl sites for hydroxylation is 1. The van der Waals surface area contributed by atoms with Crippen molar-refractivity contribution in [1.29, 1.82) is 0 Å². The van der Waals surface area contributed by atoms with Crippen LogP contribution in [0.4, 0.5) is 0 Å². The molecule has 1 aliphatic heterocycles. The van der Waals surface area contributed by atoms with Gasteiger partial charge < -0.3 is 10.5 Å². The van der Waals surface area contributed by atoms with Crippen LogP contribution in [0, 0.1) is 6.92 Å². The van der Waals surface area contributed by atoms with E-state index in [1.807, 2.05) is 0 Å². The van der Waals surface area contributed by atoms with E-state index in [0.29, 0.717) is 0 Å². The number of rotatable bonds is 4. The Balaban J connectivity index is 1.93. The minimum atomic E-state index is -0.0881. The highest BCUT2D eigenvalue weighted by Crippen LogP contribution is 2.28. The van der Waals surface area contributed by atoms with Gasteiger partial charge in [0.1, 0.15) is 0 Å². The van der Waals surface area contributed by atoms with Gasteiger partial charge in [0.25, 0.3) is 0 Å². The number of nitrogens with zero attached hydrogens (tertiary/aromatic N) is 1. The van der Waals surface area contributed by atoms with Crippen molar-refractivity contribution >= 4 is 0 Å². The van der Waals surface area contributed by atoms with E-state index in [9.17, 15) is 0 Å². The molecule has 0 amide bonds. The molecule has 1 unspecified atom stereocenters. The Hall–Kier alpha value is -0.900. The van der Waals surface area contributed by atoms with Gasteiger partial charge in [0.15, 0.2) is 0 Å². The van der Waals surface area contributed by atoms with Crippen molar-refractivity contribution < 1.29 is 4.74 Å². The average molecular weight is 290 g/mol. The number of ether oxygens (including phenoxy) is 1. The molecule has 0 spiro atoms. The number of hydrogen-bond acceptors (Lipinski definition) is 3. The normalized spacial score (nSPS) is 23.0. The minimum Gasteiger partial charge on any atom is -0.367 e. The van der Waals surface area contributed by atoms with Crippen molar-refractivity contribution in [2.75, 3.05) is 19.6 Å². The molecule has 1 aliphatic rings. The van der Waals surface area contributed by atoms with Crippen LogP contribution >= 0.6 is 0 Å². The number of benzene rings is 1. The molecule has 1 aromatic carbocycles. The van der Waals surface area contributed by atoms with Gasteiger partial charge in [0.2, 0.25) is 0 Å². The highest BCUT2D eigenvalue weighted by molar-refractivity contribution is 5.24. The molecule has 0 saturated carbocycles. The molecular weight excluding hydrogens is 260 g/mol. The predicted molar refractivity (Wildman–Crippen MR) is 88.4 cm³/mol. The lowest BCUT2D eigenvalue weighted by Gasteiger charge is -2.47. The molecule has 1 aromatic rings. The zero-order valence-corrected chi connectivity index (χ0v) is 14.1. The highest BCUT2D eigenvalue weighted by Gasteiger charge is 2.37. The maximum Gasteiger partial charge on any atom is 0.0760 e. The van der Waals surface area contributed by atoms with Crippen molar-refractivity contribution in [3.8, 4) is 0 Å². The molecule has 2 N–H and O–H groups in total. The lowest BCUT2D eigenvalue weighted by atomic mass is 9.97. The van der Waals surface area contributed by atoms with E-state index in [-0.39, 0.29) is 17.2 Å². The molecule has 2 rings (SSSR count). The maximum atomic E-state index is 6.36. The first-order chi connectivity index (χ1) is 9.67. The summed E-state index contributed by atoms with van der Waals surface area (Å²) in [6.45, 7) is 13.7. The number of hydrogen-bond donors (Lipinski definition) is 1. The van der Waals surface area contributed by atoms with E-state index in [1.54, 1.807) is 0 Å². The molecule has 1 saturated heterocycles. The third-order valence-corrected chi connectivity index (χ3v) is 3.99. The first-order valence-corrected chi connectivity index (χ1v) is 7.92. The topological polar surface area (TPSA) is 38.5 Å². The Labute approximate surface area is 129 Å². The summed E-state index contributed by atoms with van der Waals surface area (Å²) in [5.41, 5.74) is 8.69. The Bertz CT molecular complexity index is 466. The predicted octanol–water partition coefficient (Wildman–Crippen LogP) is 3.27. The standard InChI is InChI=1S/C18H30N2O/c1-14-7-6-8-15(11-14)16(19)9-10-20-12-17(2,3)21-18(4,5)13-20/h6-8,11,16H,9-10,12-13,19H2,1-5H3. The van der Waals surface area contributed by atoms with E-state index >= 15 is 0 Å². The first kappa shape index (κ1) is 16.5. The van der Waals surface area contributed by atoms with E-state index in [2.05, 4.69) is 63.8 Å². The Kier molecular flexibility index (Phi) is 4.76. The van der Waals surface area contributed by atoms with Crippen molar-refractivity contribution in [3.63, 3.8) is 0 Å². The van der Waals surface area contributed by atoms with Crippen molar-refractivity contribution in [3.05, 3.63) is 35.4 Å². The SMILES string of the molecule is Cc1cccc(C(N)CCN2CC(C)(C)OC(C)(C)C2)c1. The minimum absolute atomic E-state index is 0.0881. The molecule has 1 fully saturated rings. The summed E-state index contributed by atoms with van der Waals surface area (Å²) in [6.07, 6.45) is 0.982. The Morgan fingerprint density at radius 3 is 2.38 bits per heavy atom. The second-order valence-electron chi connectivity index (χ2n) is 7.64. The average Bonchev–Trinajstić information content (AvgIpc) is 2.32. The van der Waals surface area contributed by atoms with Crippen molar-refractivity contribution in [2.45, 2.75) is 58.3 Å². The van der Waals surface area contributed by atoms with Crippen LogP contribution < -0.4 is 5.73 Å². The van der Waals surface area contributed by atoms with E-state index in [4.69, 9.17) is 10.5 Å². The second kappa shape index (κ2) is 6.07. The molecule has 1 atom stereocenters. The Morgan fingerprint density at radius 2 is 1.81 bits per heavy atom. The highest BCUT2D eigenvalue weighted by atomic mass is 16.5. The van der Waals surface area contributed by atoms with Gasteiger partial charge in [-0.3, -0.25) is 4.90 Å². The summed E-state index contributed by atoms with van der Waals surface area (Å²) < 4.78 is 6.13. The van der Waals surface area contributed by atoms with E-state index in [0.717, 1.165) is 26.1 Å². The molecule has 1 heterocycles. The van der Waals surface area contributed by atoms with Gasteiger partial charge in [0.05, 0.1) is 11.2 Å². The molecule has 0 aromatic heterocycles. The molecule has 0 bridgehead atoms. The van der Waals surface area contributed by atoms with Crippen LogP contribution in [0.15, 0.2) is 24.3 Å². The second-order valence-corrected chi connectivity index (χ2v) is 7.64. The summed E-state index contributed by atoms with van der Waals surface area (Å²) in [5, 5.41) is 0. The van der Waals surface area contributed by atoms with Crippen LogP contribution in [0.25, 0.3) is 0 Å². The summed E-state index contributed by atoms with van der Waals surface area (Å²) in [4.78, 5) is 2.49. The van der Waals surface area contributed by atoms with Gasteiger partial charge in [-0.05, 0) is 46.6 Å². The summed E-state index contributed by atoms with van der Waals surface area (Å²) in [7, 11) is 0. The fraction of sp³-hybridized carbons (Fsp3) is 0.667. The summed E-state index contributed by atoms with van der Waals surface area (Å²) in [5.74, 6) is 0. The van der Waals surface area contributed by atoms with Gasteiger partial charge in [0, 0.05) is 25.7 Å². The van der Waals surface area contributed by atoms with Crippen LogP contribution in [-0.4, -0.2) is 35.7 Å². The third-order valence-electron chi connectivity index (χ3n) is 3.99. The molecule has 0 radical (unpaired) electrons. The van der Waals surface area contributed by atoms with Crippen LogP contribution in [0.2, 0.25) is 0 Å². The fourth-order valence-corrected chi connectivity index (χ4v) is 3.49. The van der Waals surface area contributed by atoms with Gasteiger partial charge in [-0.15, -0.1) is 0 Å². The number of nitrogens with two attached hydrogens (primary N) is 1. The smallest absolute Gasteiger partial charge is 0.0760 e. The van der Waals surface area contributed by atoms with Crippen molar-refractivity contribution in [1.82, 2.24) is 4.90 Å². The molecule has 3 nitrogen and oxygen atoms in total. The number of morpholine rings is 1. The summed E-state index contributed by atoms with van der Waals surface area (Å²) in [6, 6.07) is 8.64. The van der Waals surface area contributed by atoms with Gasteiger partial charge in [-0.2, -0.15) is 0 Å². The lowest BCUT2D eigenvalue weighted by Crippen LogP contribution is -2.57. The summed E-state index contributed by atoms with van der Waals surface area (Å²) >= 11 is 0. The zero-order chi connectivity index (χ0) is 15.7. The molecule has 0 aliphatic carbocycles. The van der Waals surface area contributed by atoms with Gasteiger partial charge >= 0.3 is 0 Å². The fourth-order valence-electron chi connectivity index (χ4n) is 3.49. The lowest BCUT2D eigenvalue weighted by molar-refractivity contribution is -0.180. The molecule has 118 valence electrons. The molecular formula is C18H30N2O. The largest absolute Gasteiger partial charge is 0.367 e. The van der Waals surface area contributed by atoms with Crippen LogP contribution in [0.5, 0.6) is 0 Å². The van der Waals surface area contributed by atoms with Gasteiger partial charge in [-0.25, -0.2) is 0 Å². The zero-order valence-electron chi connectivity index (χ0n) is 14.1.